The number of hydrogen-bond donors (Lipinski definition) is 1. The number of rotatable bonds is 5. The monoisotopic (exact) mass is 364 g/mol. The van der Waals surface area contributed by atoms with Gasteiger partial charge in [0.2, 0.25) is 0 Å². The molecule has 0 bridgehead atoms. The van der Waals surface area contributed by atoms with Crippen molar-refractivity contribution in [3.8, 4) is 11.5 Å². The van der Waals surface area contributed by atoms with Crippen LogP contribution in [0.15, 0.2) is 23.2 Å². The second-order valence-corrected chi connectivity index (χ2v) is 5.75. The number of piperazine rings is 1. The third kappa shape index (κ3) is 4.93. The molecule has 0 radical (unpaired) electrons. The fourth-order valence-electron chi connectivity index (χ4n) is 2.82. The van der Waals surface area contributed by atoms with Gasteiger partial charge in [0.1, 0.15) is 11.5 Å². The molecule has 8 heteroatoms. The first kappa shape index (κ1) is 19.7. The van der Waals surface area contributed by atoms with Crippen molar-refractivity contribution in [2.75, 3.05) is 54.1 Å². The molecular formula is C18H28N4O4. The molecule has 1 N–H and O–H groups in total. The Morgan fingerprint density at radius 2 is 1.85 bits per heavy atom. The number of amides is 1. The van der Waals surface area contributed by atoms with Crippen molar-refractivity contribution in [3.05, 3.63) is 23.8 Å². The third-order valence-electron chi connectivity index (χ3n) is 4.25. The minimum atomic E-state index is -0.252. The summed E-state index contributed by atoms with van der Waals surface area (Å²) >= 11 is 0. The van der Waals surface area contributed by atoms with E-state index in [1.807, 2.05) is 25.1 Å². The van der Waals surface area contributed by atoms with Crippen molar-refractivity contribution in [1.29, 1.82) is 0 Å². The fraction of sp³-hybridized carbons (Fsp3) is 0.556. The summed E-state index contributed by atoms with van der Waals surface area (Å²) in [6.45, 7) is 5.44. The maximum Gasteiger partial charge on any atom is 0.409 e. The maximum atomic E-state index is 11.8. The molecular weight excluding hydrogens is 336 g/mol. The molecule has 1 aromatic carbocycles. The normalized spacial score (nSPS) is 14.8. The number of guanidine groups is 1. The number of nitrogens with zero attached hydrogens (tertiary/aromatic N) is 3. The second-order valence-electron chi connectivity index (χ2n) is 5.75. The van der Waals surface area contributed by atoms with Crippen molar-refractivity contribution >= 4 is 12.1 Å². The Morgan fingerprint density at radius 3 is 2.42 bits per heavy atom. The van der Waals surface area contributed by atoms with Crippen molar-refractivity contribution in [2.24, 2.45) is 4.99 Å². The fourth-order valence-corrected chi connectivity index (χ4v) is 2.82. The van der Waals surface area contributed by atoms with Crippen LogP contribution in [0.25, 0.3) is 0 Å². The van der Waals surface area contributed by atoms with Gasteiger partial charge in [-0.2, -0.15) is 0 Å². The van der Waals surface area contributed by atoms with Crippen LogP contribution in [-0.2, 0) is 11.3 Å². The number of nitrogens with one attached hydrogen (secondary N) is 1. The number of methoxy groups -OCH3 is 2. The minimum Gasteiger partial charge on any atom is -0.497 e. The predicted octanol–water partition coefficient (Wildman–Crippen LogP) is 1.55. The van der Waals surface area contributed by atoms with Gasteiger partial charge < -0.3 is 29.3 Å². The standard InChI is InChI=1S/C18H28N4O4/c1-5-26-18(23)22-10-8-21(9-11-22)17(19-2)20-13-14-6-7-15(24-3)12-16(14)25-4/h6-7,12H,5,8-11,13H2,1-4H3,(H,19,20). The van der Waals surface area contributed by atoms with Crippen LogP contribution in [0.1, 0.15) is 12.5 Å². The van der Waals surface area contributed by atoms with E-state index in [9.17, 15) is 4.79 Å². The largest absolute Gasteiger partial charge is 0.497 e. The first-order valence-corrected chi connectivity index (χ1v) is 8.71. The smallest absolute Gasteiger partial charge is 0.409 e. The first-order valence-electron chi connectivity index (χ1n) is 8.71. The summed E-state index contributed by atoms with van der Waals surface area (Å²) in [7, 11) is 5.03. The van der Waals surface area contributed by atoms with Crippen LogP contribution >= 0.6 is 0 Å². The Balaban J connectivity index is 1.92. The highest BCUT2D eigenvalue weighted by molar-refractivity contribution is 5.80. The summed E-state index contributed by atoms with van der Waals surface area (Å²) in [5.41, 5.74) is 1.01. The van der Waals surface area contributed by atoms with Gasteiger partial charge in [-0.3, -0.25) is 4.99 Å². The molecule has 1 aliphatic rings. The van der Waals surface area contributed by atoms with Gasteiger partial charge in [0.05, 0.1) is 20.8 Å². The van der Waals surface area contributed by atoms with Gasteiger partial charge in [0.15, 0.2) is 5.96 Å². The molecule has 8 nitrogen and oxygen atoms in total. The van der Waals surface area contributed by atoms with Crippen LogP contribution in [0.2, 0.25) is 0 Å². The number of carbonyl (C=O) groups is 1. The van der Waals surface area contributed by atoms with Crippen LogP contribution in [0.3, 0.4) is 0 Å². The van der Waals surface area contributed by atoms with Gasteiger partial charge in [0.25, 0.3) is 0 Å². The quantitative estimate of drug-likeness (QED) is 0.631. The number of hydrogen-bond acceptors (Lipinski definition) is 5. The van der Waals surface area contributed by atoms with E-state index in [1.165, 1.54) is 0 Å². The molecule has 0 saturated carbocycles. The molecule has 1 aromatic rings. The summed E-state index contributed by atoms with van der Waals surface area (Å²) in [4.78, 5) is 20.0. The summed E-state index contributed by atoms with van der Waals surface area (Å²) in [6, 6.07) is 5.73. The molecule has 144 valence electrons. The predicted molar refractivity (Wildman–Crippen MR) is 99.9 cm³/mol. The zero-order valence-electron chi connectivity index (χ0n) is 15.9. The van der Waals surface area contributed by atoms with Gasteiger partial charge >= 0.3 is 6.09 Å². The number of benzene rings is 1. The van der Waals surface area contributed by atoms with Crippen molar-refractivity contribution in [3.63, 3.8) is 0 Å². The van der Waals surface area contributed by atoms with Gasteiger partial charge in [-0.15, -0.1) is 0 Å². The molecule has 0 atom stereocenters. The van der Waals surface area contributed by atoms with E-state index >= 15 is 0 Å². The van der Waals surface area contributed by atoms with E-state index in [1.54, 1.807) is 26.2 Å². The molecule has 1 fully saturated rings. The molecule has 0 aliphatic carbocycles. The van der Waals surface area contributed by atoms with E-state index < -0.39 is 0 Å². The van der Waals surface area contributed by atoms with Gasteiger partial charge in [-0.25, -0.2) is 4.79 Å². The average Bonchev–Trinajstić information content (AvgIpc) is 2.69. The van der Waals surface area contributed by atoms with E-state index in [4.69, 9.17) is 14.2 Å². The second kappa shape index (κ2) is 9.74. The topological polar surface area (TPSA) is 75.6 Å². The van der Waals surface area contributed by atoms with Crippen LogP contribution in [-0.4, -0.2) is 75.9 Å². The Bertz CT molecular complexity index is 628. The highest BCUT2D eigenvalue weighted by Crippen LogP contribution is 2.24. The lowest BCUT2D eigenvalue weighted by Gasteiger charge is -2.35. The Hall–Kier alpha value is -2.64. The zero-order chi connectivity index (χ0) is 18.9. The summed E-state index contributed by atoms with van der Waals surface area (Å²) < 4.78 is 15.7. The first-order chi connectivity index (χ1) is 12.6. The summed E-state index contributed by atoms with van der Waals surface area (Å²) in [5, 5.41) is 3.36. The average molecular weight is 364 g/mol. The lowest BCUT2D eigenvalue weighted by atomic mass is 10.2. The van der Waals surface area contributed by atoms with E-state index in [0.717, 1.165) is 23.0 Å². The zero-order valence-corrected chi connectivity index (χ0v) is 15.9. The molecule has 2 rings (SSSR count). The van der Waals surface area contributed by atoms with Crippen LogP contribution in [0, 0.1) is 0 Å². The SMILES string of the molecule is CCOC(=O)N1CCN(C(=NC)NCc2ccc(OC)cc2OC)CC1. The Labute approximate surface area is 154 Å². The maximum absolute atomic E-state index is 11.8. The molecule has 1 heterocycles. The van der Waals surface area contributed by atoms with Crippen LogP contribution < -0.4 is 14.8 Å². The highest BCUT2D eigenvalue weighted by atomic mass is 16.6. The van der Waals surface area contributed by atoms with Crippen molar-refractivity contribution in [1.82, 2.24) is 15.1 Å². The van der Waals surface area contributed by atoms with Crippen LogP contribution in [0.5, 0.6) is 11.5 Å². The van der Waals surface area contributed by atoms with E-state index in [0.29, 0.717) is 39.3 Å². The van der Waals surface area contributed by atoms with Crippen LogP contribution in [0.4, 0.5) is 4.79 Å². The lowest BCUT2D eigenvalue weighted by molar-refractivity contribution is 0.0914. The molecule has 0 aromatic heterocycles. The third-order valence-corrected chi connectivity index (χ3v) is 4.25. The molecule has 1 aliphatic heterocycles. The Kier molecular flexibility index (Phi) is 7.37. The molecule has 1 amide bonds. The number of aliphatic imine (C=N–C) groups is 1. The summed E-state index contributed by atoms with van der Waals surface area (Å²) in [6.07, 6.45) is -0.252. The molecule has 0 spiro atoms. The van der Waals surface area contributed by atoms with Crippen molar-refractivity contribution < 1.29 is 19.0 Å². The van der Waals surface area contributed by atoms with E-state index in [-0.39, 0.29) is 6.09 Å². The molecule has 1 saturated heterocycles. The highest BCUT2D eigenvalue weighted by Gasteiger charge is 2.23. The summed E-state index contributed by atoms with van der Waals surface area (Å²) in [5.74, 6) is 2.32. The minimum absolute atomic E-state index is 0.252. The Morgan fingerprint density at radius 1 is 1.15 bits per heavy atom. The van der Waals surface area contributed by atoms with Gasteiger partial charge in [-0.1, -0.05) is 0 Å². The lowest BCUT2D eigenvalue weighted by Crippen LogP contribution is -2.53. The number of ether oxygens (including phenoxy) is 3. The van der Waals surface area contributed by atoms with Gasteiger partial charge in [-0.05, 0) is 19.1 Å². The van der Waals surface area contributed by atoms with E-state index in [2.05, 4.69) is 15.2 Å². The van der Waals surface area contributed by atoms with Gasteiger partial charge in [0, 0.05) is 51.4 Å². The molecule has 0 unspecified atom stereocenters. The number of carbonyl (C=O) groups excluding carboxylic acids is 1. The van der Waals surface area contributed by atoms with Crippen molar-refractivity contribution in [2.45, 2.75) is 13.5 Å². The molecule has 26 heavy (non-hydrogen) atoms.